The summed E-state index contributed by atoms with van der Waals surface area (Å²) in [6, 6.07) is 4.51. The minimum atomic E-state index is -4.90. The Morgan fingerprint density at radius 1 is 1.10 bits per heavy atom. The number of nitrogens with two attached hydrogens (primary N) is 1. The molecule has 1 atom stereocenters. The minimum absolute atomic E-state index is 0. The average molecular weight is 434 g/mol. The van der Waals surface area contributed by atoms with E-state index in [2.05, 4.69) is 0 Å². The number of alkyl halides is 3. The summed E-state index contributed by atoms with van der Waals surface area (Å²) in [5.41, 5.74) is 7.40. The first kappa shape index (κ1) is 24.9. The van der Waals surface area contributed by atoms with Gasteiger partial charge in [-0.1, -0.05) is 17.7 Å². The van der Waals surface area contributed by atoms with E-state index in [1.807, 2.05) is 19.1 Å². The lowest BCUT2D eigenvalue weighted by atomic mass is 9.89. The molecule has 3 nitrogen and oxygen atoms in total. The predicted molar refractivity (Wildman–Crippen MR) is 106 cm³/mol. The molecule has 0 saturated carbocycles. The highest BCUT2D eigenvalue weighted by atomic mass is 35.5. The van der Waals surface area contributed by atoms with Gasteiger partial charge in [-0.25, -0.2) is 4.39 Å². The van der Waals surface area contributed by atoms with E-state index in [1.165, 1.54) is 6.07 Å². The number of halogens is 5. The first-order valence-electron chi connectivity index (χ1n) is 8.85. The van der Waals surface area contributed by atoms with Gasteiger partial charge in [-0.05, 0) is 62.1 Å². The first-order chi connectivity index (χ1) is 13.0. The van der Waals surface area contributed by atoms with Gasteiger partial charge < -0.3 is 10.5 Å². The number of hydrogen-bond acceptors (Lipinski definition) is 3. The van der Waals surface area contributed by atoms with Gasteiger partial charge in [0.1, 0.15) is 5.82 Å². The van der Waals surface area contributed by atoms with Crippen LogP contribution in [0, 0.1) is 26.6 Å². The molecule has 0 bridgehead atoms. The van der Waals surface area contributed by atoms with Crippen LogP contribution < -0.4 is 5.73 Å². The standard InChI is InChI=1S/C21H23F4NO2.ClH/c1-5-28-18(27)10-17(26)15-8-14(9-16(20(15)22)21(23,24)25)19-12(3)6-11(2)7-13(19)4;/h6-9,17H,5,10,26H2,1-4H3;1H/t17-;/m0./s1. The quantitative estimate of drug-likeness (QED) is 0.478. The van der Waals surface area contributed by atoms with Gasteiger partial charge in [0.2, 0.25) is 0 Å². The van der Waals surface area contributed by atoms with Crippen LogP contribution in [0.3, 0.4) is 0 Å². The topological polar surface area (TPSA) is 52.3 Å². The van der Waals surface area contributed by atoms with Crippen molar-refractivity contribution >= 4 is 18.4 Å². The fraction of sp³-hybridized carbons (Fsp3) is 0.381. The molecule has 2 rings (SSSR count). The zero-order valence-electron chi connectivity index (χ0n) is 16.6. The molecule has 0 unspecified atom stereocenters. The van der Waals surface area contributed by atoms with E-state index in [1.54, 1.807) is 20.8 Å². The lowest BCUT2D eigenvalue weighted by Gasteiger charge is -2.20. The Kier molecular flexibility index (Phi) is 8.24. The SMILES string of the molecule is CCOC(=O)C[C@H](N)c1cc(-c2c(C)cc(C)cc2C)cc(C(F)(F)F)c1F.Cl. The number of rotatable bonds is 5. The van der Waals surface area contributed by atoms with Crippen LogP contribution in [0.1, 0.15) is 47.2 Å². The van der Waals surface area contributed by atoms with E-state index in [0.717, 1.165) is 22.8 Å². The number of ether oxygens (including phenoxy) is 1. The van der Waals surface area contributed by atoms with Crippen molar-refractivity contribution in [3.8, 4) is 11.1 Å². The van der Waals surface area contributed by atoms with E-state index in [-0.39, 0.29) is 30.1 Å². The summed E-state index contributed by atoms with van der Waals surface area (Å²) in [6.45, 7) is 7.14. The molecule has 0 radical (unpaired) electrons. The molecule has 0 saturated heterocycles. The van der Waals surface area contributed by atoms with Gasteiger partial charge in [-0.2, -0.15) is 13.2 Å². The average Bonchev–Trinajstić information content (AvgIpc) is 2.54. The van der Waals surface area contributed by atoms with E-state index in [9.17, 15) is 22.4 Å². The Balaban J connectivity index is 0.00000420. The third kappa shape index (κ3) is 5.70. The summed E-state index contributed by atoms with van der Waals surface area (Å²) in [4.78, 5) is 11.7. The summed E-state index contributed by atoms with van der Waals surface area (Å²) in [5, 5.41) is 0. The fourth-order valence-corrected chi connectivity index (χ4v) is 3.41. The molecule has 29 heavy (non-hydrogen) atoms. The van der Waals surface area contributed by atoms with Gasteiger partial charge in [-0.3, -0.25) is 4.79 Å². The molecule has 0 aromatic heterocycles. The lowest BCUT2D eigenvalue weighted by molar-refractivity contribution is -0.143. The number of esters is 1. The van der Waals surface area contributed by atoms with Crippen LogP contribution in [-0.4, -0.2) is 12.6 Å². The van der Waals surface area contributed by atoms with E-state index in [0.29, 0.717) is 5.56 Å². The molecule has 2 N–H and O–H groups in total. The number of hydrogen-bond donors (Lipinski definition) is 1. The second-order valence-corrected chi connectivity index (χ2v) is 6.81. The van der Waals surface area contributed by atoms with E-state index < -0.39 is 36.0 Å². The number of aryl methyl sites for hydroxylation is 3. The van der Waals surface area contributed by atoms with Gasteiger partial charge in [0.05, 0.1) is 18.6 Å². The molecule has 0 spiro atoms. The summed E-state index contributed by atoms with van der Waals surface area (Å²) < 4.78 is 59.8. The molecule has 0 aliphatic rings. The number of carbonyl (C=O) groups excluding carboxylic acids is 1. The summed E-state index contributed by atoms with van der Waals surface area (Å²) in [6.07, 6.45) is -5.32. The van der Waals surface area contributed by atoms with Gasteiger partial charge in [-0.15, -0.1) is 12.4 Å². The highest BCUT2D eigenvalue weighted by Gasteiger charge is 2.37. The van der Waals surface area contributed by atoms with Crippen LogP contribution in [0.15, 0.2) is 24.3 Å². The molecule has 8 heteroatoms. The molecule has 0 amide bonds. The second-order valence-electron chi connectivity index (χ2n) is 6.81. The van der Waals surface area contributed by atoms with Crippen molar-refractivity contribution in [2.24, 2.45) is 5.73 Å². The van der Waals surface area contributed by atoms with Crippen LogP contribution in [0.25, 0.3) is 11.1 Å². The Hall–Kier alpha value is -2.12. The molecular weight excluding hydrogens is 410 g/mol. The third-order valence-corrected chi connectivity index (χ3v) is 4.46. The Morgan fingerprint density at radius 3 is 2.14 bits per heavy atom. The molecule has 2 aromatic rings. The van der Waals surface area contributed by atoms with Crippen molar-refractivity contribution in [1.82, 2.24) is 0 Å². The molecule has 0 aliphatic carbocycles. The third-order valence-electron chi connectivity index (χ3n) is 4.46. The van der Waals surface area contributed by atoms with Gasteiger partial charge in [0.25, 0.3) is 0 Å². The van der Waals surface area contributed by atoms with Crippen molar-refractivity contribution in [2.75, 3.05) is 6.61 Å². The Bertz CT molecular complexity index is 874. The van der Waals surface area contributed by atoms with Crippen molar-refractivity contribution in [1.29, 1.82) is 0 Å². The molecule has 2 aromatic carbocycles. The van der Waals surface area contributed by atoms with Crippen LogP contribution in [0.5, 0.6) is 0 Å². The van der Waals surface area contributed by atoms with Crippen LogP contribution >= 0.6 is 12.4 Å². The van der Waals surface area contributed by atoms with E-state index >= 15 is 0 Å². The zero-order valence-corrected chi connectivity index (χ0v) is 17.4. The second kappa shape index (κ2) is 9.59. The Labute approximate surface area is 173 Å². The van der Waals surface area contributed by atoms with Gasteiger partial charge in [0, 0.05) is 11.6 Å². The summed E-state index contributed by atoms with van der Waals surface area (Å²) in [5.74, 6) is -2.16. The maximum atomic E-state index is 14.7. The summed E-state index contributed by atoms with van der Waals surface area (Å²) in [7, 11) is 0. The first-order valence-corrected chi connectivity index (χ1v) is 8.85. The zero-order chi connectivity index (χ0) is 21.2. The smallest absolute Gasteiger partial charge is 0.419 e. The molecular formula is C21H24ClF4NO2. The highest BCUT2D eigenvalue weighted by molar-refractivity contribution is 5.85. The monoisotopic (exact) mass is 433 g/mol. The molecule has 160 valence electrons. The normalized spacial score (nSPS) is 12.3. The highest BCUT2D eigenvalue weighted by Crippen LogP contribution is 2.39. The Morgan fingerprint density at radius 2 is 1.66 bits per heavy atom. The lowest BCUT2D eigenvalue weighted by Crippen LogP contribution is -2.20. The summed E-state index contributed by atoms with van der Waals surface area (Å²) >= 11 is 0. The maximum Gasteiger partial charge on any atom is 0.419 e. The molecule has 0 fully saturated rings. The van der Waals surface area contributed by atoms with Crippen molar-refractivity contribution in [2.45, 2.75) is 46.3 Å². The maximum absolute atomic E-state index is 14.7. The fourth-order valence-electron chi connectivity index (χ4n) is 3.41. The largest absolute Gasteiger partial charge is 0.466 e. The van der Waals surface area contributed by atoms with Crippen molar-refractivity contribution in [3.63, 3.8) is 0 Å². The van der Waals surface area contributed by atoms with E-state index in [4.69, 9.17) is 10.5 Å². The van der Waals surface area contributed by atoms with Gasteiger partial charge >= 0.3 is 12.1 Å². The van der Waals surface area contributed by atoms with Crippen LogP contribution in [0.2, 0.25) is 0 Å². The number of benzene rings is 2. The molecule has 0 aliphatic heterocycles. The number of carbonyl (C=O) groups is 1. The predicted octanol–water partition coefficient (Wildman–Crippen LogP) is 5.81. The van der Waals surface area contributed by atoms with Crippen LogP contribution in [-0.2, 0) is 15.7 Å². The van der Waals surface area contributed by atoms with Crippen molar-refractivity contribution < 1.29 is 27.1 Å². The van der Waals surface area contributed by atoms with Crippen LogP contribution in [0.4, 0.5) is 17.6 Å². The van der Waals surface area contributed by atoms with Gasteiger partial charge in [0.15, 0.2) is 0 Å². The molecule has 0 heterocycles. The van der Waals surface area contributed by atoms with Crippen molar-refractivity contribution in [3.05, 3.63) is 57.9 Å². The minimum Gasteiger partial charge on any atom is -0.466 e.